The number of esters is 1. The van der Waals surface area contributed by atoms with E-state index in [0.29, 0.717) is 32.3 Å². The fourth-order valence-corrected chi connectivity index (χ4v) is 4.76. The zero-order valence-electron chi connectivity index (χ0n) is 15.7. The lowest BCUT2D eigenvalue weighted by molar-refractivity contribution is -0.139. The molecule has 0 fully saturated rings. The summed E-state index contributed by atoms with van der Waals surface area (Å²) in [6, 6.07) is 0.526. The van der Waals surface area contributed by atoms with Crippen LogP contribution in [-0.2, 0) is 22.8 Å². The summed E-state index contributed by atoms with van der Waals surface area (Å²) in [4.78, 5) is 23.9. The molecule has 0 unspecified atom stereocenters. The Kier molecular flexibility index (Phi) is 12.1. The van der Waals surface area contributed by atoms with Gasteiger partial charge in [-0.05, 0) is 34.1 Å². The monoisotopic (exact) mass is 377 g/mol. The van der Waals surface area contributed by atoms with Crippen LogP contribution in [-0.4, -0.2) is 70.4 Å². The van der Waals surface area contributed by atoms with Gasteiger partial charge in [-0.25, -0.2) is 9.59 Å². The minimum Gasteiger partial charge on any atom is -0.465 e. The van der Waals surface area contributed by atoms with Crippen molar-refractivity contribution in [2.75, 3.05) is 39.5 Å². The molecule has 0 aliphatic rings. The molecule has 0 aromatic rings. The van der Waals surface area contributed by atoms with Crippen molar-refractivity contribution in [1.29, 1.82) is 0 Å². The van der Waals surface area contributed by atoms with Crippen molar-refractivity contribution < 1.29 is 32.7 Å². The standard InChI is InChI=1S/C16H31NO7Si/c1-6-22-25(23-7-2,24-8-3)13-9-10-17(16(19)20)11-12-21-15(18)14(4)5/h4,6-13H2,1-3,5H3,(H,19,20). The van der Waals surface area contributed by atoms with Gasteiger partial charge in [-0.3, -0.25) is 0 Å². The molecule has 1 N–H and O–H groups in total. The molecule has 0 atom stereocenters. The smallest absolute Gasteiger partial charge is 0.465 e. The van der Waals surface area contributed by atoms with Gasteiger partial charge in [0.15, 0.2) is 0 Å². The van der Waals surface area contributed by atoms with E-state index in [1.165, 1.54) is 11.8 Å². The number of carbonyl (C=O) groups is 2. The molecule has 0 saturated carbocycles. The number of carbonyl (C=O) groups excluding carboxylic acids is 1. The van der Waals surface area contributed by atoms with Crippen molar-refractivity contribution in [2.45, 2.75) is 40.2 Å². The molecular formula is C16H31NO7Si. The first-order chi connectivity index (χ1) is 11.8. The number of ether oxygens (including phenoxy) is 1. The second-order valence-corrected chi connectivity index (χ2v) is 8.00. The molecule has 0 radical (unpaired) electrons. The van der Waals surface area contributed by atoms with Gasteiger partial charge in [-0.15, -0.1) is 0 Å². The van der Waals surface area contributed by atoms with E-state index in [1.807, 2.05) is 20.8 Å². The lowest BCUT2D eigenvalue weighted by Gasteiger charge is -2.29. The second kappa shape index (κ2) is 12.9. The normalized spacial score (nSPS) is 11.2. The van der Waals surface area contributed by atoms with Crippen LogP contribution in [0.3, 0.4) is 0 Å². The van der Waals surface area contributed by atoms with Gasteiger partial charge in [0.1, 0.15) is 6.61 Å². The highest BCUT2D eigenvalue weighted by molar-refractivity contribution is 6.60. The molecule has 0 aromatic carbocycles. The number of hydrogen-bond acceptors (Lipinski definition) is 6. The maximum Gasteiger partial charge on any atom is 0.500 e. The quantitative estimate of drug-likeness (QED) is 0.282. The largest absolute Gasteiger partial charge is 0.500 e. The zero-order valence-corrected chi connectivity index (χ0v) is 16.7. The number of hydrogen-bond donors (Lipinski definition) is 1. The Morgan fingerprint density at radius 3 is 1.96 bits per heavy atom. The van der Waals surface area contributed by atoms with Crippen molar-refractivity contribution in [3.63, 3.8) is 0 Å². The van der Waals surface area contributed by atoms with Gasteiger partial charge >= 0.3 is 20.9 Å². The van der Waals surface area contributed by atoms with Gasteiger partial charge in [0.2, 0.25) is 0 Å². The topological polar surface area (TPSA) is 94.5 Å². The predicted molar refractivity (Wildman–Crippen MR) is 95.4 cm³/mol. The summed E-state index contributed by atoms with van der Waals surface area (Å²) in [5.41, 5.74) is 0.280. The van der Waals surface area contributed by atoms with Gasteiger partial charge in [0.25, 0.3) is 0 Å². The molecule has 0 saturated heterocycles. The number of nitrogens with zero attached hydrogens (tertiary/aromatic N) is 1. The summed E-state index contributed by atoms with van der Waals surface area (Å²) >= 11 is 0. The maximum absolute atomic E-state index is 11.3. The van der Waals surface area contributed by atoms with Gasteiger partial charge in [0, 0.05) is 38.0 Å². The van der Waals surface area contributed by atoms with Crippen LogP contribution in [0.25, 0.3) is 0 Å². The van der Waals surface area contributed by atoms with Gasteiger partial charge < -0.3 is 28.0 Å². The van der Waals surface area contributed by atoms with E-state index in [0.717, 1.165) is 0 Å². The van der Waals surface area contributed by atoms with E-state index in [1.54, 1.807) is 0 Å². The lowest BCUT2D eigenvalue weighted by Crippen LogP contribution is -2.46. The Morgan fingerprint density at radius 1 is 1.04 bits per heavy atom. The van der Waals surface area contributed by atoms with Crippen LogP contribution in [0.15, 0.2) is 12.2 Å². The number of rotatable bonds is 14. The van der Waals surface area contributed by atoms with Crippen molar-refractivity contribution in [2.24, 2.45) is 0 Å². The summed E-state index contributed by atoms with van der Waals surface area (Å²) < 4.78 is 22.2. The van der Waals surface area contributed by atoms with E-state index in [2.05, 4.69) is 6.58 Å². The molecule has 9 heteroatoms. The molecule has 0 spiro atoms. The Morgan fingerprint density at radius 2 is 1.56 bits per heavy atom. The molecule has 0 aromatic heterocycles. The third kappa shape index (κ3) is 9.59. The second-order valence-electron chi connectivity index (χ2n) is 5.27. The Bertz CT molecular complexity index is 414. The minimum absolute atomic E-state index is 0.0110. The van der Waals surface area contributed by atoms with Crippen LogP contribution >= 0.6 is 0 Å². The van der Waals surface area contributed by atoms with Crippen LogP contribution < -0.4 is 0 Å². The maximum atomic E-state index is 11.3. The van der Waals surface area contributed by atoms with Gasteiger partial charge in [0.05, 0.1) is 6.54 Å². The molecule has 0 aliphatic heterocycles. The fourth-order valence-electron chi connectivity index (χ4n) is 2.16. The van der Waals surface area contributed by atoms with E-state index < -0.39 is 20.9 Å². The van der Waals surface area contributed by atoms with Crippen molar-refractivity contribution in [3.8, 4) is 0 Å². The Labute approximate surface area is 151 Å². The first kappa shape index (κ1) is 23.6. The molecule has 0 aliphatic carbocycles. The minimum atomic E-state index is -2.78. The molecule has 146 valence electrons. The first-order valence-electron chi connectivity index (χ1n) is 8.54. The number of carboxylic acid groups (broad SMARTS) is 1. The average molecular weight is 378 g/mol. The summed E-state index contributed by atoms with van der Waals surface area (Å²) in [5, 5.41) is 9.27. The van der Waals surface area contributed by atoms with E-state index >= 15 is 0 Å². The molecule has 0 heterocycles. The van der Waals surface area contributed by atoms with Crippen molar-refractivity contribution in [1.82, 2.24) is 4.90 Å². The number of amides is 1. The van der Waals surface area contributed by atoms with E-state index in [9.17, 15) is 14.7 Å². The Balaban J connectivity index is 4.54. The molecule has 0 bridgehead atoms. The summed E-state index contributed by atoms with van der Waals surface area (Å²) in [5.74, 6) is -0.527. The SMILES string of the molecule is C=C(C)C(=O)OCCN(CCC[Si](OCC)(OCC)OCC)C(=O)O. The highest BCUT2D eigenvalue weighted by atomic mass is 28.4. The van der Waals surface area contributed by atoms with Gasteiger partial charge in [-0.2, -0.15) is 0 Å². The van der Waals surface area contributed by atoms with E-state index in [-0.39, 0.29) is 25.3 Å². The van der Waals surface area contributed by atoms with E-state index in [4.69, 9.17) is 18.0 Å². The van der Waals surface area contributed by atoms with Crippen LogP contribution in [0.2, 0.25) is 6.04 Å². The van der Waals surface area contributed by atoms with Crippen LogP contribution in [0, 0.1) is 0 Å². The Hall–Kier alpha value is -1.42. The highest BCUT2D eigenvalue weighted by Gasteiger charge is 2.39. The summed E-state index contributed by atoms with van der Waals surface area (Å²) in [7, 11) is -2.78. The molecule has 25 heavy (non-hydrogen) atoms. The molecule has 8 nitrogen and oxygen atoms in total. The van der Waals surface area contributed by atoms with Crippen LogP contribution in [0.4, 0.5) is 4.79 Å². The van der Waals surface area contributed by atoms with Crippen LogP contribution in [0.1, 0.15) is 34.1 Å². The highest BCUT2D eigenvalue weighted by Crippen LogP contribution is 2.18. The molecular weight excluding hydrogens is 346 g/mol. The lowest BCUT2D eigenvalue weighted by atomic mass is 10.4. The third-order valence-electron chi connectivity index (χ3n) is 3.22. The average Bonchev–Trinajstić information content (AvgIpc) is 2.53. The summed E-state index contributed by atoms with van der Waals surface area (Å²) in [6.07, 6.45) is -0.532. The fraction of sp³-hybridized carbons (Fsp3) is 0.750. The zero-order chi connectivity index (χ0) is 19.3. The molecule has 1 amide bonds. The molecule has 0 rings (SSSR count). The van der Waals surface area contributed by atoms with Crippen LogP contribution in [0.5, 0.6) is 0 Å². The summed E-state index contributed by atoms with van der Waals surface area (Å²) in [6.45, 7) is 12.4. The predicted octanol–water partition coefficient (Wildman–Crippen LogP) is 2.52. The van der Waals surface area contributed by atoms with Crippen molar-refractivity contribution in [3.05, 3.63) is 12.2 Å². The first-order valence-corrected chi connectivity index (χ1v) is 10.5. The van der Waals surface area contributed by atoms with Gasteiger partial charge in [-0.1, -0.05) is 6.58 Å². The third-order valence-corrected chi connectivity index (χ3v) is 6.37. The van der Waals surface area contributed by atoms with Crippen molar-refractivity contribution >= 4 is 20.9 Å².